The summed E-state index contributed by atoms with van der Waals surface area (Å²) in [5.41, 5.74) is 5.02. The summed E-state index contributed by atoms with van der Waals surface area (Å²) >= 11 is 1.51. The van der Waals surface area contributed by atoms with Crippen molar-refractivity contribution in [3.05, 3.63) is 63.0 Å². The zero-order valence-corrected chi connectivity index (χ0v) is 19.6. The Labute approximate surface area is 193 Å². The zero-order valence-electron chi connectivity index (χ0n) is 18.8. The van der Waals surface area contributed by atoms with Crippen LogP contribution in [0.4, 0.5) is 10.5 Å². The normalized spacial score (nSPS) is 19.5. The van der Waals surface area contributed by atoms with Crippen LogP contribution in [-0.4, -0.2) is 56.2 Å². The van der Waals surface area contributed by atoms with E-state index >= 15 is 0 Å². The molecule has 1 aromatic heterocycles. The first-order valence-corrected chi connectivity index (χ1v) is 11.9. The molecule has 0 bridgehead atoms. The molecular weight excluding hydrogens is 424 g/mol. The Bertz CT molecular complexity index is 1010. The molecule has 0 saturated carbocycles. The minimum absolute atomic E-state index is 0.287. The van der Waals surface area contributed by atoms with Gasteiger partial charge in [-0.25, -0.2) is 9.59 Å². The van der Waals surface area contributed by atoms with Crippen molar-refractivity contribution in [2.75, 3.05) is 44.2 Å². The van der Waals surface area contributed by atoms with Crippen LogP contribution in [0.1, 0.15) is 29.0 Å². The number of ether oxygens (including phenoxy) is 1. The highest BCUT2D eigenvalue weighted by Crippen LogP contribution is 2.31. The summed E-state index contributed by atoms with van der Waals surface area (Å²) in [7, 11) is 0. The van der Waals surface area contributed by atoms with Gasteiger partial charge in [0.2, 0.25) is 0 Å². The summed E-state index contributed by atoms with van der Waals surface area (Å²) in [4.78, 5) is 30.9. The fourth-order valence-corrected chi connectivity index (χ4v) is 5.09. The van der Waals surface area contributed by atoms with Gasteiger partial charge >= 0.3 is 12.0 Å². The second-order valence-electron chi connectivity index (χ2n) is 8.14. The molecule has 2 N–H and O–H groups in total. The average molecular weight is 455 g/mol. The summed E-state index contributed by atoms with van der Waals surface area (Å²) < 4.78 is 5.35. The number of thiophene rings is 1. The van der Waals surface area contributed by atoms with E-state index in [0.29, 0.717) is 17.8 Å². The van der Waals surface area contributed by atoms with E-state index < -0.39 is 6.04 Å². The number of nitrogens with one attached hydrogen (secondary N) is 2. The Morgan fingerprint density at radius 2 is 1.94 bits per heavy atom. The first kappa shape index (κ1) is 22.4. The van der Waals surface area contributed by atoms with Crippen molar-refractivity contribution in [3.63, 3.8) is 0 Å². The molecule has 2 amide bonds. The molecule has 0 spiro atoms. The van der Waals surface area contributed by atoms with Gasteiger partial charge in [0.05, 0.1) is 18.2 Å². The van der Waals surface area contributed by atoms with Gasteiger partial charge < -0.3 is 20.3 Å². The number of aryl methyl sites for hydroxylation is 1. The van der Waals surface area contributed by atoms with Crippen LogP contribution in [-0.2, 0) is 9.53 Å². The highest BCUT2D eigenvalue weighted by Gasteiger charge is 2.35. The summed E-state index contributed by atoms with van der Waals surface area (Å²) in [6.45, 7) is 10.4. The number of amides is 2. The minimum Gasteiger partial charge on any atom is -0.463 e. The van der Waals surface area contributed by atoms with Crippen molar-refractivity contribution in [3.8, 4) is 0 Å². The molecular formula is C24H30N4O3S. The Kier molecular flexibility index (Phi) is 6.81. The van der Waals surface area contributed by atoms with Crippen LogP contribution in [0.15, 0.2) is 47.0 Å². The molecule has 4 rings (SSSR count). The predicted octanol–water partition coefficient (Wildman–Crippen LogP) is 3.36. The third kappa shape index (κ3) is 4.66. The third-order valence-corrected chi connectivity index (χ3v) is 7.08. The van der Waals surface area contributed by atoms with Gasteiger partial charge in [0, 0.05) is 49.0 Å². The third-order valence-electron chi connectivity index (χ3n) is 6.15. The largest absolute Gasteiger partial charge is 0.463 e. The quantitative estimate of drug-likeness (QED) is 0.655. The molecule has 8 heteroatoms. The molecule has 1 atom stereocenters. The first-order chi connectivity index (χ1) is 15.5. The van der Waals surface area contributed by atoms with Gasteiger partial charge in [0.25, 0.3) is 0 Å². The van der Waals surface area contributed by atoms with E-state index in [9.17, 15) is 9.59 Å². The van der Waals surface area contributed by atoms with Crippen molar-refractivity contribution >= 4 is 29.0 Å². The maximum Gasteiger partial charge on any atom is 0.338 e. The number of carbonyl (C=O) groups is 2. The van der Waals surface area contributed by atoms with Gasteiger partial charge in [-0.2, -0.15) is 0 Å². The number of hydrogen-bond acceptors (Lipinski definition) is 6. The van der Waals surface area contributed by atoms with Crippen LogP contribution in [0.3, 0.4) is 0 Å². The second kappa shape index (κ2) is 9.75. The number of anilines is 1. The van der Waals surface area contributed by atoms with Crippen molar-refractivity contribution in [1.82, 2.24) is 15.5 Å². The average Bonchev–Trinajstić information content (AvgIpc) is 3.31. The van der Waals surface area contributed by atoms with E-state index in [2.05, 4.69) is 52.5 Å². The number of esters is 1. The number of rotatable bonds is 6. The summed E-state index contributed by atoms with van der Waals surface area (Å²) in [6, 6.07) is 9.49. The first-order valence-electron chi connectivity index (χ1n) is 11.0. The predicted molar refractivity (Wildman–Crippen MR) is 127 cm³/mol. The fraction of sp³-hybridized carbons (Fsp3) is 0.417. The van der Waals surface area contributed by atoms with E-state index in [1.54, 1.807) is 6.92 Å². The lowest BCUT2D eigenvalue weighted by Gasteiger charge is -2.38. The number of benzene rings is 1. The summed E-state index contributed by atoms with van der Waals surface area (Å²) in [5, 5.41) is 7.72. The molecule has 1 unspecified atom stereocenters. The van der Waals surface area contributed by atoms with Crippen molar-refractivity contribution < 1.29 is 14.3 Å². The number of urea groups is 1. The molecule has 2 aliphatic rings. The SMILES string of the molecule is CCOC(=O)C1=C(CN2CCN(c3cccc(C)c3C)CC2)NC(=O)NC1c1cccs1. The minimum atomic E-state index is -0.492. The molecule has 2 aliphatic heterocycles. The van der Waals surface area contributed by atoms with Crippen molar-refractivity contribution in [2.24, 2.45) is 0 Å². The van der Waals surface area contributed by atoms with Gasteiger partial charge in [0.15, 0.2) is 0 Å². The number of nitrogens with zero attached hydrogens (tertiary/aromatic N) is 2. The molecule has 170 valence electrons. The molecule has 0 radical (unpaired) electrons. The molecule has 0 aliphatic carbocycles. The van der Waals surface area contributed by atoms with Gasteiger partial charge in [-0.15, -0.1) is 11.3 Å². The molecule has 2 aromatic rings. The van der Waals surface area contributed by atoms with Gasteiger partial charge in [-0.1, -0.05) is 18.2 Å². The lowest BCUT2D eigenvalue weighted by atomic mass is 10.0. The molecule has 3 heterocycles. The van der Waals surface area contributed by atoms with Crippen LogP contribution in [0.2, 0.25) is 0 Å². The molecule has 32 heavy (non-hydrogen) atoms. The van der Waals surface area contributed by atoms with Crippen molar-refractivity contribution in [1.29, 1.82) is 0 Å². The molecule has 1 aromatic carbocycles. The Hall–Kier alpha value is -2.84. The Morgan fingerprint density at radius 3 is 2.62 bits per heavy atom. The van der Waals surface area contributed by atoms with Crippen LogP contribution in [0.5, 0.6) is 0 Å². The van der Waals surface area contributed by atoms with E-state index in [1.807, 2.05) is 17.5 Å². The lowest BCUT2D eigenvalue weighted by molar-refractivity contribution is -0.139. The maximum atomic E-state index is 12.9. The Balaban J connectivity index is 1.53. The maximum absolute atomic E-state index is 12.9. The van der Waals surface area contributed by atoms with Gasteiger partial charge in [-0.3, -0.25) is 4.90 Å². The molecule has 1 fully saturated rings. The highest BCUT2D eigenvalue weighted by atomic mass is 32.1. The van der Waals surface area contributed by atoms with E-state index in [1.165, 1.54) is 28.2 Å². The van der Waals surface area contributed by atoms with E-state index in [0.717, 1.165) is 31.1 Å². The van der Waals surface area contributed by atoms with Gasteiger partial charge in [-0.05, 0) is 49.4 Å². The summed E-state index contributed by atoms with van der Waals surface area (Å²) in [5.74, 6) is -0.387. The van der Waals surface area contributed by atoms with E-state index in [4.69, 9.17) is 4.74 Å². The second-order valence-corrected chi connectivity index (χ2v) is 9.12. The summed E-state index contributed by atoms with van der Waals surface area (Å²) in [6.07, 6.45) is 0. The highest BCUT2D eigenvalue weighted by molar-refractivity contribution is 7.10. The van der Waals surface area contributed by atoms with E-state index in [-0.39, 0.29) is 18.6 Å². The standard InChI is InChI=1S/C24H30N4O3S/c1-4-31-23(29)21-18(25-24(30)26-22(21)20-9-6-14-32-20)15-27-10-12-28(13-11-27)19-8-5-7-16(2)17(19)3/h5-9,14,22H,4,10-13,15H2,1-3H3,(H2,25,26,30). The monoisotopic (exact) mass is 454 g/mol. The van der Waals surface area contributed by atoms with Crippen LogP contribution in [0, 0.1) is 13.8 Å². The topological polar surface area (TPSA) is 73.9 Å². The number of hydrogen-bond donors (Lipinski definition) is 2. The number of carbonyl (C=O) groups excluding carboxylic acids is 2. The van der Waals surface area contributed by atoms with Crippen LogP contribution < -0.4 is 15.5 Å². The lowest BCUT2D eigenvalue weighted by Crippen LogP contribution is -2.51. The van der Waals surface area contributed by atoms with Gasteiger partial charge in [0.1, 0.15) is 0 Å². The number of piperazine rings is 1. The smallest absolute Gasteiger partial charge is 0.338 e. The van der Waals surface area contributed by atoms with Crippen LogP contribution >= 0.6 is 11.3 Å². The molecule has 7 nitrogen and oxygen atoms in total. The fourth-order valence-electron chi connectivity index (χ4n) is 4.31. The van der Waals surface area contributed by atoms with Crippen LogP contribution in [0.25, 0.3) is 0 Å². The van der Waals surface area contributed by atoms with Crippen molar-refractivity contribution in [2.45, 2.75) is 26.8 Å². The molecule has 1 saturated heterocycles. The Morgan fingerprint density at radius 1 is 1.16 bits per heavy atom. The zero-order chi connectivity index (χ0) is 22.7.